The summed E-state index contributed by atoms with van der Waals surface area (Å²) in [5, 5.41) is 13.4. The second kappa shape index (κ2) is 9.89. The number of nitrogens with one attached hydrogen (secondary N) is 1. The zero-order chi connectivity index (χ0) is 22.4. The number of carbonyl (C=O) groups is 1. The summed E-state index contributed by atoms with van der Waals surface area (Å²) in [5.41, 5.74) is 4.28. The van der Waals surface area contributed by atoms with Crippen LogP contribution < -0.4 is 15.0 Å². The molecule has 160 valence electrons. The van der Waals surface area contributed by atoms with Crippen molar-refractivity contribution in [1.29, 1.82) is 0 Å². The SMILES string of the molecule is C=C(C)C(=O)O[C@H](CC=C(C)C)c1cc(OC)c2c(NO)ccc(N=O)c2c1OC. The molecule has 0 radical (unpaired) electrons. The van der Waals surface area contributed by atoms with Crippen LogP contribution in [-0.2, 0) is 9.53 Å². The van der Waals surface area contributed by atoms with Crippen LogP contribution in [0.2, 0.25) is 0 Å². The van der Waals surface area contributed by atoms with Gasteiger partial charge >= 0.3 is 5.97 Å². The molecule has 0 aromatic heterocycles. The maximum atomic E-state index is 12.3. The molecule has 0 unspecified atom stereocenters. The average Bonchev–Trinajstić information content (AvgIpc) is 2.73. The van der Waals surface area contributed by atoms with E-state index in [9.17, 15) is 14.9 Å². The van der Waals surface area contributed by atoms with E-state index in [2.05, 4.69) is 17.2 Å². The standard InChI is InChI=1S/C22H26N2O6/c1-12(2)7-10-17(30-22(25)13(3)4)14-11-18(28-5)19-15(23-26)8-9-16(24-27)20(19)21(14)29-6/h7-9,11,17,23,26H,3,10H2,1-2,4-6H3/t17-/m1/s1. The van der Waals surface area contributed by atoms with E-state index < -0.39 is 12.1 Å². The lowest BCUT2D eigenvalue weighted by atomic mass is 9.96. The lowest BCUT2D eigenvalue weighted by Gasteiger charge is -2.23. The molecule has 30 heavy (non-hydrogen) atoms. The van der Waals surface area contributed by atoms with E-state index in [0.717, 1.165) is 5.57 Å². The Hall–Kier alpha value is -3.39. The molecule has 0 saturated carbocycles. The molecule has 0 heterocycles. The van der Waals surface area contributed by atoms with E-state index in [4.69, 9.17) is 14.2 Å². The molecule has 2 aromatic rings. The number of anilines is 1. The molecule has 2 N–H and O–H groups in total. The number of hydrogen-bond donors (Lipinski definition) is 2. The van der Waals surface area contributed by atoms with Gasteiger partial charge in [-0.3, -0.25) is 10.7 Å². The lowest BCUT2D eigenvalue weighted by molar-refractivity contribution is -0.144. The van der Waals surface area contributed by atoms with Crippen molar-refractivity contribution in [3.05, 3.63) is 52.5 Å². The first-order valence-electron chi connectivity index (χ1n) is 9.23. The van der Waals surface area contributed by atoms with Crippen LogP contribution in [-0.4, -0.2) is 25.4 Å². The van der Waals surface area contributed by atoms with Gasteiger partial charge in [0.25, 0.3) is 0 Å². The number of methoxy groups -OCH3 is 2. The minimum atomic E-state index is -0.734. The highest BCUT2D eigenvalue weighted by Crippen LogP contribution is 2.48. The molecule has 2 rings (SSSR count). The Balaban J connectivity index is 2.88. The summed E-state index contributed by atoms with van der Waals surface area (Å²) in [7, 11) is 2.90. The summed E-state index contributed by atoms with van der Waals surface area (Å²) in [5.74, 6) is 0.0818. The summed E-state index contributed by atoms with van der Waals surface area (Å²) >= 11 is 0. The number of nitrogens with zero attached hydrogens (tertiary/aromatic N) is 1. The highest BCUT2D eigenvalue weighted by atomic mass is 16.5. The van der Waals surface area contributed by atoms with Crippen LogP contribution in [0, 0.1) is 4.91 Å². The molecule has 0 aliphatic rings. The van der Waals surface area contributed by atoms with Crippen LogP contribution in [0.5, 0.6) is 11.5 Å². The van der Waals surface area contributed by atoms with Gasteiger partial charge < -0.3 is 14.2 Å². The zero-order valence-corrected chi connectivity index (χ0v) is 17.7. The summed E-state index contributed by atoms with van der Waals surface area (Å²) < 4.78 is 16.8. The molecule has 0 aliphatic heterocycles. The number of carbonyl (C=O) groups excluding carboxylic acids is 1. The number of esters is 1. The first-order valence-corrected chi connectivity index (χ1v) is 9.23. The molecule has 0 aliphatic carbocycles. The van der Waals surface area contributed by atoms with Gasteiger partial charge in [0.15, 0.2) is 0 Å². The van der Waals surface area contributed by atoms with Gasteiger partial charge in [0.1, 0.15) is 23.3 Å². The number of allylic oxidation sites excluding steroid dienone is 1. The first kappa shape index (κ1) is 22.9. The zero-order valence-electron chi connectivity index (χ0n) is 17.7. The fourth-order valence-electron chi connectivity index (χ4n) is 3.10. The molecule has 0 spiro atoms. The maximum absolute atomic E-state index is 12.3. The molecule has 8 heteroatoms. The summed E-state index contributed by atoms with van der Waals surface area (Å²) in [4.78, 5) is 23.8. The Morgan fingerprint density at radius 3 is 2.43 bits per heavy atom. The van der Waals surface area contributed by atoms with Gasteiger partial charge in [0, 0.05) is 17.6 Å². The highest BCUT2D eigenvalue weighted by molar-refractivity contribution is 6.08. The number of nitroso groups, excluding NO2 is 1. The van der Waals surface area contributed by atoms with Crippen LogP contribution in [0.15, 0.2) is 47.2 Å². The topological polar surface area (TPSA) is 106 Å². The van der Waals surface area contributed by atoms with Crippen LogP contribution in [0.3, 0.4) is 0 Å². The molecule has 0 amide bonds. The fraction of sp³-hybridized carbons (Fsp3) is 0.318. The summed E-state index contributed by atoms with van der Waals surface area (Å²) in [6.45, 7) is 9.06. The second-order valence-electron chi connectivity index (χ2n) is 6.98. The van der Waals surface area contributed by atoms with Crippen LogP contribution in [0.25, 0.3) is 10.8 Å². The van der Waals surface area contributed by atoms with Gasteiger partial charge in [-0.25, -0.2) is 4.79 Å². The normalized spacial score (nSPS) is 11.4. The van der Waals surface area contributed by atoms with Gasteiger partial charge in [0.2, 0.25) is 0 Å². The van der Waals surface area contributed by atoms with Crippen molar-refractivity contribution in [2.45, 2.75) is 33.3 Å². The van der Waals surface area contributed by atoms with Crippen molar-refractivity contribution < 1.29 is 24.2 Å². The van der Waals surface area contributed by atoms with Crippen molar-refractivity contribution in [1.82, 2.24) is 0 Å². The molecular weight excluding hydrogens is 388 g/mol. The molecule has 0 fully saturated rings. The fourth-order valence-corrected chi connectivity index (χ4v) is 3.10. The van der Waals surface area contributed by atoms with E-state index in [-0.39, 0.29) is 11.3 Å². The van der Waals surface area contributed by atoms with Crippen molar-refractivity contribution in [3.8, 4) is 11.5 Å². The lowest BCUT2D eigenvalue weighted by Crippen LogP contribution is -2.13. The van der Waals surface area contributed by atoms with Crippen molar-refractivity contribution >= 4 is 28.1 Å². The van der Waals surface area contributed by atoms with E-state index in [1.54, 1.807) is 13.0 Å². The van der Waals surface area contributed by atoms with Crippen molar-refractivity contribution in [3.63, 3.8) is 0 Å². The van der Waals surface area contributed by atoms with E-state index >= 15 is 0 Å². The molecular formula is C22H26N2O6. The van der Waals surface area contributed by atoms with Gasteiger partial charge in [-0.15, -0.1) is 4.91 Å². The van der Waals surface area contributed by atoms with Gasteiger partial charge in [-0.05, 0) is 44.1 Å². The van der Waals surface area contributed by atoms with Gasteiger partial charge in [-0.1, -0.05) is 18.2 Å². The Bertz CT molecular complexity index is 1010. The van der Waals surface area contributed by atoms with E-state index in [1.165, 1.54) is 26.4 Å². The number of rotatable bonds is 9. The van der Waals surface area contributed by atoms with Crippen LogP contribution in [0.4, 0.5) is 11.4 Å². The highest BCUT2D eigenvalue weighted by Gasteiger charge is 2.27. The van der Waals surface area contributed by atoms with Crippen molar-refractivity contribution in [2.24, 2.45) is 5.18 Å². The van der Waals surface area contributed by atoms with E-state index in [1.807, 2.05) is 19.9 Å². The third kappa shape index (κ3) is 4.60. The Labute approximate surface area is 175 Å². The average molecular weight is 414 g/mol. The van der Waals surface area contributed by atoms with Gasteiger partial charge in [-0.2, -0.15) is 0 Å². The Kier molecular flexibility index (Phi) is 7.54. The van der Waals surface area contributed by atoms with Gasteiger partial charge in [0.05, 0.1) is 30.7 Å². The molecule has 2 aromatic carbocycles. The first-order chi connectivity index (χ1) is 14.3. The van der Waals surface area contributed by atoms with E-state index in [0.29, 0.717) is 39.9 Å². The third-order valence-electron chi connectivity index (χ3n) is 4.53. The van der Waals surface area contributed by atoms with Crippen molar-refractivity contribution in [2.75, 3.05) is 19.7 Å². The number of benzene rings is 2. The second-order valence-corrected chi connectivity index (χ2v) is 6.98. The van der Waals surface area contributed by atoms with Crippen LogP contribution >= 0.6 is 0 Å². The smallest absolute Gasteiger partial charge is 0.333 e. The predicted octanol–water partition coefficient (Wildman–Crippen LogP) is 5.57. The quantitative estimate of drug-likeness (QED) is 0.181. The molecule has 8 nitrogen and oxygen atoms in total. The largest absolute Gasteiger partial charge is 0.496 e. The Morgan fingerprint density at radius 1 is 1.23 bits per heavy atom. The minimum absolute atomic E-state index is 0.0909. The summed E-state index contributed by atoms with van der Waals surface area (Å²) in [6, 6.07) is 4.61. The monoisotopic (exact) mass is 414 g/mol. The molecule has 0 bridgehead atoms. The maximum Gasteiger partial charge on any atom is 0.333 e. The number of hydrogen-bond acceptors (Lipinski definition) is 8. The predicted molar refractivity (Wildman–Crippen MR) is 116 cm³/mol. The minimum Gasteiger partial charge on any atom is -0.496 e. The molecule has 0 saturated heterocycles. The summed E-state index contributed by atoms with van der Waals surface area (Å²) in [6.07, 6.45) is 1.56. The number of ether oxygens (including phenoxy) is 3. The Morgan fingerprint density at radius 2 is 1.93 bits per heavy atom. The molecule has 1 atom stereocenters. The van der Waals surface area contributed by atoms with Crippen LogP contribution in [0.1, 0.15) is 38.9 Å². The third-order valence-corrected chi connectivity index (χ3v) is 4.53. The number of fused-ring (bicyclic) bond motifs is 1.